The van der Waals surface area contributed by atoms with Crippen molar-refractivity contribution in [3.05, 3.63) is 48.6 Å². The first kappa shape index (κ1) is 10.0. The Morgan fingerprint density at radius 2 is 2.31 bits per heavy atom. The summed E-state index contributed by atoms with van der Waals surface area (Å²) in [6.07, 6.45) is 9.11. The maximum absolute atomic E-state index is 3.80. The predicted molar refractivity (Wildman–Crippen MR) is 58.7 cm³/mol. The van der Waals surface area contributed by atoms with E-state index in [2.05, 4.69) is 31.2 Å². The molecular formula is C12H17N. The third kappa shape index (κ3) is 2.71. The van der Waals surface area contributed by atoms with Crippen LogP contribution in [0.2, 0.25) is 0 Å². The highest BCUT2D eigenvalue weighted by Gasteiger charge is 2.08. The fourth-order valence-corrected chi connectivity index (χ4v) is 1.47. The lowest BCUT2D eigenvalue weighted by Crippen LogP contribution is -2.24. The maximum atomic E-state index is 3.80. The van der Waals surface area contributed by atoms with Crippen molar-refractivity contribution in [1.82, 2.24) is 4.90 Å². The fraction of sp³-hybridized carbons (Fsp3) is 0.333. The van der Waals surface area contributed by atoms with Gasteiger partial charge in [-0.3, -0.25) is 0 Å². The number of rotatable bonds is 3. The number of nitrogens with zero attached hydrogens (tertiary/aromatic N) is 1. The molecule has 1 aliphatic rings. The molecule has 0 aromatic heterocycles. The Labute approximate surface area is 80.7 Å². The fourth-order valence-electron chi connectivity index (χ4n) is 1.47. The van der Waals surface area contributed by atoms with Crippen LogP contribution in [0.5, 0.6) is 0 Å². The highest BCUT2D eigenvalue weighted by Crippen LogP contribution is 2.18. The van der Waals surface area contributed by atoms with Gasteiger partial charge in [0, 0.05) is 13.1 Å². The first-order valence-corrected chi connectivity index (χ1v) is 4.61. The average molecular weight is 175 g/mol. The number of likely N-dealkylation sites (N-methyl/N-ethyl adjacent to an activating group) is 1. The summed E-state index contributed by atoms with van der Waals surface area (Å²) in [5.41, 5.74) is 2.61. The highest BCUT2D eigenvalue weighted by molar-refractivity contribution is 5.41. The third-order valence-corrected chi connectivity index (χ3v) is 2.30. The Morgan fingerprint density at radius 1 is 1.54 bits per heavy atom. The van der Waals surface area contributed by atoms with Gasteiger partial charge >= 0.3 is 0 Å². The summed E-state index contributed by atoms with van der Waals surface area (Å²) in [6, 6.07) is 0. The van der Waals surface area contributed by atoms with Crippen molar-refractivity contribution in [3.8, 4) is 0 Å². The molecule has 1 aliphatic heterocycles. The molecule has 0 saturated heterocycles. The molecule has 0 N–H and O–H groups in total. The summed E-state index contributed by atoms with van der Waals surface area (Å²) < 4.78 is 0. The molecule has 0 spiro atoms. The number of hydrogen-bond acceptors (Lipinski definition) is 1. The highest BCUT2D eigenvalue weighted by atomic mass is 15.1. The molecule has 0 amide bonds. The van der Waals surface area contributed by atoms with Gasteiger partial charge in [-0.15, -0.1) is 0 Å². The lowest BCUT2D eigenvalue weighted by atomic mass is 9.99. The molecule has 0 saturated carbocycles. The van der Waals surface area contributed by atoms with Crippen molar-refractivity contribution in [2.24, 2.45) is 0 Å². The minimum absolute atomic E-state index is 1.04. The van der Waals surface area contributed by atoms with Crippen LogP contribution in [0.25, 0.3) is 0 Å². The van der Waals surface area contributed by atoms with Gasteiger partial charge in [0.15, 0.2) is 0 Å². The normalized spacial score (nSPS) is 19.5. The zero-order valence-electron chi connectivity index (χ0n) is 8.29. The molecule has 0 unspecified atom stereocenters. The van der Waals surface area contributed by atoms with E-state index in [1.165, 1.54) is 11.1 Å². The van der Waals surface area contributed by atoms with E-state index >= 15 is 0 Å². The molecule has 1 heteroatoms. The molecule has 0 aliphatic carbocycles. The minimum atomic E-state index is 1.04. The summed E-state index contributed by atoms with van der Waals surface area (Å²) in [5.74, 6) is 0. The molecular weight excluding hydrogens is 158 g/mol. The topological polar surface area (TPSA) is 3.24 Å². The molecule has 70 valence electrons. The van der Waals surface area contributed by atoms with Crippen LogP contribution in [0.4, 0.5) is 0 Å². The van der Waals surface area contributed by atoms with Gasteiger partial charge in [0.25, 0.3) is 0 Å². The van der Waals surface area contributed by atoms with E-state index in [0.717, 1.165) is 19.5 Å². The molecule has 0 aromatic carbocycles. The van der Waals surface area contributed by atoms with E-state index in [1.54, 1.807) is 0 Å². The molecule has 1 nitrogen and oxygen atoms in total. The van der Waals surface area contributed by atoms with E-state index in [9.17, 15) is 0 Å². The van der Waals surface area contributed by atoms with Gasteiger partial charge in [0.05, 0.1) is 0 Å². The van der Waals surface area contributed by atoms with E-state index in [1.807, 2.05) is 18.2 Å². The van der Waals surface area contributed by atoms with Crippen molar-refractivity contribution < 1.29 is 0 Å². The van der Waals surface area contributed by atoms with Crippen LogP contribution in [0.1, 0.15) is 6.42 Å². The summed E-state index contributed by atoms with van der Waals surface area (Å²) >= 11 is 0. The van der Waals surface area contributed by atoms with Gasteiger partial charge in [-0.2, -0.15) is 0 Å². The minimum Gasteiger partial charge on any atom is -0.302 e. The second-order valence-corrected chi connectivity index (χ2v) is 3.30. The lowest BCUT2D eigenvalue weighted by Gasteiger charge is -2.22. The van der Waals surface area contributed by atoms with E-state index < -0.39 is 0 Å². The molecule has 0 atom stereocenters. The van der Waals surface area contributed by atoms with Crippen molar-refractivity contribution in [2.45, 2.75) is 6.42 Å². The predicted octanol–water partition coefficient (Wildman–Crippen LogP) is 2.55. The maximum Gasteiger partial charge on any atom is 0.0166 e. The molecule has 0 fully saturated rings. The molecule has 0 bridgehead atoms. The summed E-state index contributed by atoms with van der Waals surface area (Å²) in [6.45, 7) is 9.67. The van der Waals surface area contributed by atoms with Crippen molar-refractivity contribution in [1.29, 1.82) is 0 Å². The van der Waals surface area contributed by atoms with E-state index in [0.29, 0.717) is 0 Å². The van der Waals surface area contributed by atoms with Gasteiger partial charge in [0.2, 0.25) is 0 Å². The monoisotopic (exact) mass is 175 g/mol. The van der Waals surface area contributed by atoms with Crippen LogP contribution in [0, 0.1) is 0 Å². The smallest absolute Gasteiger partial charge is 0.0166 e. The zero-order valence-corrected chi connectivity index (χ0v) is 8.29. The van der Waals surface area contributed by atoms with Gasteiger partial charge in [0.1, 0.15) is 0 Å². The zero-order chi connectivity index (χ0) is 9.68. The van der Waals surface area contributed by atoms with Crippen LogP contribution in [0.15, 0.2) is 48.6 Å². The van der Waals surface area contributed by atoms with E-state index in [-0.39, 0.29) is 0 Å². The Bertz CT molecular complexity index is 258. The Morgan fingerprint density at radius 3 is 2.77 bits per heavy atom. The Hall–Kier alpha value is -1.08. The lowest BCUT2D eigenvalue weighted by molar-refractivity contribution is 0.361. The SMILES string of the molecule is C=C/C=C(\C=C)C1=CCN(C)CC1. The van der Waals surface area contributed by atoms with Crippen molar-refractivity contribution >= 4 is 0 Å². The molecule has 1 rings (SSSR count). The standard InChI is InChI=1S/C12H17N/c1-4-6-11(5-2)12-7-9-13(3)10-8-12/h4-7H,1-2,8-10H2,3H3/b11-6+. The summed E-state index contributed by atoms with van der Waals surface area (Å²) in [5, 5.41) is 0. The van der Waals surface area contributed by atoms with Gasteiger partial charge < -0.3 is 4.90 Å². The Kier molecular flexibility index (Phi) is 3.71. The summed E-state index contributed by atoms with van der Waals surface area (Å²) in [7, 11) is 2.14. The van der Waals surface area contributed by atoms with Crippen LogP contribution in [-0.2, 0) is 0 Å². The van der Waals surface area contributed by atoms with Gasteiger partial charge in [-0.1, -0.05) is 37.5 Å². The third-order valence-electron chi connectivity index (χ3n) is 2.30. The van der Waals surface area contributed by atoms with Crippen LogP contribution < -0.4 is 0 Å². The molecule has 0 radical (unpaired) electrons. The second-order valence-electron chi connectivity index (χ2n) is 3.30. The second kappa shape index (κ2) is 4.83. The molecule has 1 heterocycles. The Balaban J connectivity index is 2.76. The van der Waals surface area contributed by atoms with Crippen LogP contribution in [0.3, 0.4) is 0 Å². The average Bonchev–Trinajstić information content (AvgIpc) is 2.16. The van der Waals surface area contributed by atoms with E-state index in [4.69, 9.17) is 0 Å². The van der Waals surface area contributed by atoms with Crippen molar-refractivity contribution in [2.75, 3.05) is 20.1 Å². The number of allylic oxidation sites excluding steroid dienone is 4. The largest absolute Gasteiger partial charge is 0.302 e. The van der Waals surface area contributed by atoms with Crippen molar-refractivity contribution in [3.63, 3.8) is 0 Å². The molecule has 13 heavy (non-hydrogen) atoms. The van der Waals surface area contributed by atoms with Crippen LogP contribution >= 0.6 is 0 Å². The summed E-state index contributed by atoms with van der Waals surface area (Å²) in [4.78, 5) is 2.30. The number of hydrogen-bond donors (Lipinski definition) is 0. The quantitative estimate of drug-likeness (QED) is 0.596. The van der Waals surface area contributed by atoms with Crippen LogP contribution in [-0.4, -0.2) is 25.0 Å². The first-order chi connectivity index (χ1) is 6.27. The van der Waals surface area contributed by atoms with Gasteiger partial charge in [-0.25, -0.2) is 0 Å². The molecule has 0 aromatic rings. The first-order valence-electron chi connectivity index (χ1n) is 4.61. The van der Waals surface area contributed by atoms with Gasteiger partial charge in [-0.05, 0) is 24.6 Å².